The summed E-state index contributed by atoms with van der Waals surface area (Å²) >= 11 is 0. The number of likely N-dealkylation sites (tertiary alicyclic amines) is 1. The highest BCUT2D eigenvalue weighted by Crippen LogP contribution is 2.18. The van der Waals surface area contributed by atoms with E-state index in [0.717, 1.165) is 5.69 Å². The van der Waals surface area contributed by atoms with Crippen molar-refractivity contribution in [3.8, 4) is 5.69 Å². The molecule has 2 aromatic rings. The fourth-order valence-corrected chi connectivity index (χ4v) is 3.70. The molecule has 166 valence electrons. The molecule has 8 nitrogen and oxygen atoms in total. The third-order valence-corrected chi connectivity index (χ3v) is 5.51. The zero-order chi connectivity index (χ0) is 22.4. The van der Waals surface area contributed by atoms with E-state index in [-0.39, 0.29) is 29.7 Å². The lowest BCUT2D eigenvalue weighted by atomic mass is 10.0. The van der Waals surface area contributed by atoms with Gasteiger partial charge in [0.25, 0.3) is 5.91 Å². The first kappa shape index (κ1) is 22.5. The predicted molar refractivity (Wildman–Crippen MR) is 118 cm³/mol. The Morgan fingerprint density at radius 2 is 1.87 bits per heavy atom. The van der Waals surface area contributed by atoms with Crippen LogP contribution in [0.1, 0.15) is 44.0 Å². The van der Waals surface area contributed by atoms with E-state index in [0.29, 0.717) is 44.0 Å². The molecule has 2 N–H and O–H groups in total. The number of nitrogens with one attached hydrogen (secondary N) is 2. The van der Waals surface area contributed by atoms with Gasteiger partial charge >= 0.3 is 0 Å². The number of rotatable bonds is 6. The van der Waals surface area contributed by atoms with Crippen LogP contribution in [0.2, 0.25) is 0 Å². The number of aromatic nitrogens is 2. The summed E-state index contributed by atoms with van der Waals surface area (Å²) in [6.07, 6.45) is 6.50. The first-order valence-electron chi connectivity index (χ1n) is 10.8. The van der Waals surface area contributed by atoms with Crippen LogP contribution in [0.5, 0.6) is 0 Å². The number of hydrogen-bond acceptors (Lipinski definition) is 4. The maximum Gasteiger partial charge on any atom is 0.251 e. The van der Waals surface area contributed by atoms with Gasteiger partial charge in [-0.15, -0.1) is 0 Å². The minimum atomic E-state index is -0.265. The summed E-state index contributed by atoms with van der Waals surface area (Å²) in [5.41, 5.74) is 1.47. The SMILES string of the molecule is CC(=O)N1C[C@@H](NC(=O)c2ccc(-n3ccnc3)cc2)CC[C@@H](C(=O)NCC(C)C)C1. The normalized spacial score (nSPS) is 19.0. The molecule has 0 unspecified atom stereocenters. The van der Waals surface area contributed by atoms with Crippen molar-refractivity contribution < 1.29 is 14.4 Å². The fraction of sp³-hybridized carbons (Fsp3) is 0.478. The van der Waals surface area contributed by atoms with Crippen LogP contribution in [0, 0.1) is 11.8 Å². The number of amides is 3. The topological polar surface area (TPSA) is 96.3 Å². The van der Waals surface area contributed by atoms with E-state index in [4.69, 9.17) is 0 Å². The molecule has 0 aliphatic carbocycles. The number of carbonyl (C=O) groups is 3. The van der Waals surface area contributed by atoms with Gasteiger partial charge in [0, 0.05) is 56.2 Å². The third kappa shape index (κ3) is 6.16. The quantitative estimate of drug-likeness (QED) is 0.740. The Balaban J connectivity index is 1.63. The highest BCUT2D eigenvalue weighted by molar-refractivity contribution is 5.94. The summed E-state index contributed by atoms with van der Waals surface area (Å²) in [5.74, 6) is -0.201. The Bertz CT molecular complexity index is 892. The van der Waals surface area contributed by atoms with Gasteiger partial charge in [-0.3, -0.25) is 14.4 Å². The predicted octanol–water partition coefficient (Wildman–Crippen LogP) is 2.00. The maximum atomic E-state index is 12.8. The summed E-state index contributed by atoms with van der Waals surface area (Å²) in [6, 6.07) is 7.06. The summed E-state index contributed by atoms with van der Waals surface area (Å²) < 4.78 is 1.86. The highest BCUT2D eigenvalue weighted by Gasteiger charge is 2.30. The van der Waals surface area contributed by atoms with Gasteiger partial charge in [-0.05, 0) is 43.0 Å². The molecule has 1 fully saturated rings. The van der Waals surface area contributed by atoms with E-state index in [2.05, 4.69) is 15.6 Å². The zero-order valence-electron chi connectivity index (χ0n) is 18.4. The van der Waals surface area contributed by atoms with Crippen molar-refractivity contribution in [2.24, 2.45) is 11.8 Å². The van der Waals surface area contributed by atoms with Crippen molar-refractivity contribution in [2.75, 3.05) is 19.6 Å². The highest BCUT2D eigenvalue weighted by atomic mass is 16.2. The molecule has 1 saturated heterocycles. The molecule has 3 rings (SSSR count). The largest absolute Gasteiger partial charge is 0.356 e. The van der Waals surface area contributed by atoms with Crippen LogP contribution in [0.25, 0.3) is 5.69 Å². The molecule has 0 bridgehead atoms. The molecular formula is C23H31N5O3. The summed E-state index contributed by atoms with van der Waals surface area (Å²) in [4.78, 5) is 43.1. The van der Waals surface area contributed by atoms with Crippen LogP contribution < -0.4 is 10.6 Å². The number of imidazole rings is 1. The van der Waals surface area contributed by atoms with Gasteiger partial charge in [-0.25, -0.2) is 4.98 Å². The van der Waals surface area contributed by atoms with Crippen LogP contribution in [0.3, 0.4) is 0 Å². The Hall–Kier alpha value is -3.16. The van der Waals surface area contributed by atoms with Crippen molar-refractivity contribution >= 4 is 17.7 Å². The lowest BCUT2D eigenvalue weighted by Gasteiger charge is -2.25. The van der Waals surface area contributed by atoms with Gasteiger partial charge in [0.15, 0.2) is 0 Å². The molecule has 0 radical (unpaired) electrons. The van der Waals surface area contributed by atoms with Crippen molar-refractivity contribution in [1.82, 2.24) is 25.1 Å². The molecule has 0 saturated carbocycles. The Kier molecular flexibility index (Phi) is 7.44. The second kappa shape index (κ2) is 10.2. The first-order chi connectivity index (χ1) is 14.8. The van der Waals surface area contributed by atoms with Crippen molar-refractivity contribution in [3.05, 3.63) is 48.5 Å². The average molecular weight is 426 g/mol. The molecule has 2 heterocycles. The Labute approximate surface area is 183 Å². The minimum absolute atomic E-state index is 0.0259. The maximum absolute atomic E-state index is 12.8. The van der Waals surface area contributed by atoms with Gasteiger partial charge in [-0.2, -0.15) is 0 Å². The van der Waals surface area contributed by atoms with E-state index in [9.17, 15) is 14.4 Å². The van der Waals surface area contributed by atoms with Crippen LogP contribution >= 0.6 is 0 Å². The lowest BCUT2D eigenvalue weighted by molar-refractivity contribution is -0.131. The number of hydrogen-bond donors (Lipinski definition) is 2. The van der Waals surface area contributed by atoms with E-state index < -0.39 is 0 Å². The molecule has 1 aromatic heterocycles. The molecule has 31 heavy (non-hydrogen) atoms. The van der Waals surface area contributed by atoms with Crippen LogP contribution in [0.15, 0.2) is 43.0 Å². The van der Waals surface area contributed by atoms with E-state index in [1.807, 2.05) is 36.7 Å². The average Bonchev–Trinajstić information content (AvgIpc) is 3.20. The standard InChI is InChI=1S/C23H31N5O3/c1-16(2)12-25-22(30)19-4-7-20(14-28(13-19)17(3)29)26-23(31)18-5-8-21(9-6-18)27-11-10-24-15-27/h5-6,8-11,15-16,19-20H,4,7,12-14H2,1-3H3,(H,25,30)(H,26,31)/t19-,20+/m1/s1. The zero-order valence-corrected chi connectivity index (χ0v) is 18.4. The molecule has 1 aliphatic rings. The molecule has 2 atom stereocenters. The molecule has 1 aliphatic heterocycles. The van der Waals surface area contributed by atoms with Crippen molar-refractivity contribution in [2.45, 2.75) is 39.7 Å². The van der Waals surface area contributed by atoms with E-state index >= 15 is 0 Å². The van der Waals surface area contributed by atoms with Gasteiger partial charge in [0.05, 0.1) is 12.2 Å². The Morgan fingerprint density at radius 3 is 2.48 bits per heavy atom. The number of carbonyl (C=O) groups excluding carboxylic acids is 3. The monoisotopic (exact) mass is 425 g/mol. The molecule has 8 heteroatoms. The number of nitrogens with zero attached hydrogens (tertiary/aromatic N) is 3. The van der Waals surface area contributed by atoms with Crippen LogP contribution in [-0.4, -0.2) is 57.8 Å². The molecule has 0 spiro atoms. The van der Waals surface area contributed by atoms with Gasteiger partial charge in [0.2, 0.25) is 11.8 Å². The number of benzene rings is 1. The smallest absolute Gasteiger partial charge is 0.251 e. The summed E-state index contributed by atoms with van der Waals surface area (Å²) in [6.45, 7) is 6.99. The lowest BCUT2D eigenvalue weighted by Crippen LogP contribution is -2.45. The molecule has 1 aromatic carbocycles. The second-order valence-corrected chi connectivity index (χ2v) is 8.52. The summed E-state index contributed by atoms with van der Waals surface area (Å²) in [5, 5.41) is 6.01. The minimum Gasteiger partial charge on any atom is -0.356 e. The fourth-order valence-electron chi connectivity index (χ4n) is 3.70. The molecule has 3 amide bonds. The van der Waals surface area contributed by atoms with Gasteiger partial charge < -0.3 is 20.1 Å². The van der Waals surface area contributed by atoms with Crippen molar-refractivity contribution in [3.63, 3.8) is 0 Å². The molecular weight excluding hydrogens is 394 g/mol. The van der Waals surface area contributed by atoms with E-state index in [1.165, 1.54) is 6.92 Å². The van der Waals surface area contributed by atoms with Gasteiger partial charge in [-0.1, -0.05) is 13.8 Å². The Morgan fingerprint density at radius 1 is 1.13 bits per heavy atom. The van der Waals surface area contributed by atoms with Crippen LogP contribution in [-0.2, 0) is 9.59 Å². The first-order valence-corrected chi connectivity index (χ1v) is 10.8. The van der Waals surface area contributed by atoms with Crippen molar-refractivity contribution in [1.29, 1.82) is 0 Å². The summed E-state index contributed by atoms with van der Waals surface area (Å²) in [7, 11) is 0. The van der Waals surface area contributed by atoms with Gasteiger partial charge in [0.1, 0.15) is 0 Å². The third-order valence-electron chi connectivity index (χ3n) is 5.51. The van der Waals surface area contributed by atoms with Crippen LogP contribution in [0.4, 0.5) is 0 Å². The second-order valence-electron chi connectivity index (χ2n) is 8.52. The van der Waals surface area contributed by atoms with E-state index in [1.54, 1.807) is 29.6 Å².